The van der Waals surface area contributed by atoms with Gasteiger partial charge < -0.3 is 9.84 Å². The number of esters is 1. The Labute approximate surface area is 93.4 Å². The minimum absolute atomic E-state index is 0.236. The van der Waals surface area contributed by atoms with Crippen LogP contribution in [0.1, 0.15) is 18.6 Å². The first kappa shape index (κ1) is 12.1. The average Bonchev–Trinajstić information content (AvgIpc) is 2.26. The number of carbonyl (C=O) groups excluding carboxylic acids is 1. The average molecular weight is 226 g/mol. The fourth-order valence-electron chi connectivity index (χ4n) is 1.04. The van der Waals surface area contributed by atoms with Gasteiger partial charge in [-0.05, 0) is 24.6 Å². The smallest absolute Gasteiger partial charge is 0.315 e. The molecule has 1 atom stereocenters. The molecule has 0 aliphatic heterocycles. The van der Waals surface area contributed by atoms with E-state index in [1.807, 2.05) is 24.3 Å². The molecule has 0 radical (unpaired) electrons. The van der Waals surface area contributed by atoms with Crippen molar-refractivity contribution in [3.8, 4) is 0 Å². The zero-order valence-electron chi connectivity index (χ0n) is 8.77. The number of hydrogen-bond donors (Lipinski definition) is 1. The number of rotatable bonds is 4. The molecule has 0 saturated heterocycles. The van der Waals surface area contributed by atoms with Crippen LogP contribution in [0.5, 0.6) is 0 Å². The summed E-state index contributed by atoms with van der Waals surface area (Å²) in [4.78, 5) is 11.9. The lowest BCUT2D eigenvalue weighted by Gasteiger charge is -2.05. The standard InChI is InChI=1S/C11H14O3S/c1-8(12)9-3-5-10(6-4-9)15-7-11(13)14-2/h3-6,8,12H,7H2,1-2H3. The number of aliphatic hydroxyl groups excluding tert-OH is 1. The summed E-state index contributed by atoms with van der Waals surface area (Å²) in [6.07, 6.45) is -0.454. The molecule has 0 aromatic heterocycles. The first-order valence-electron chi connectivity index (χ1n) is 4.61. The molecule has 0 spiro atoms. The Morgan fingerprint density at radius 2 is 2.07 bits per heavy atom. The van der Waals surface area contributed by atoms with Crippen LogP contribution < -0.4 is 0 Å². The molecule has 0 heterocycles. The normalized spacial score (nSPS) is 12.2. The zero-order chi connectivity index (χ0) is 11.3. The summed E-state index contributed by atoms with van der Waals surface area (Å²) in [5.41, 5.74) is 0.873. The van der Waals surface area contributed by atoms with Crippen molar-refractivity contribution in [1.82, 2.24) is 0 Å². The third-order valence-electron chi connectivity index (χ3n) is 1.95. The first-order chi connectivity index (χ1) is 7.13. The molecule has 0 bridgehead atoms. The predicted molar refractivity (Wildman–Crippen MR) is 59.8 cm³/mol. The third-order valence-corrected chi connectivity index (χ3v) is 2.93. The van der Waals surface area contributed by atoms with Crippen molar-refractivity contribution >= 4 is 17.7 Å². The van der Waals surface area contributed by atoms with E-state index >= 15 is 0 Å². The Hall–Kier alpha value is -1.00. The lowest BCUT2D eigenvalue weighted by Crippen LogP contribution is -2.02. The number of carbonyl (C=O) groups is 1. The van der Waals surface area contributed by atoms with Crippen LogP contribution in [0, 0.1) is 0 Å². The van der Waals surface area contributed by atoms with Crippen molar-refractivity contribution in [2.45, 2.75) is 17.9 Å². The second-order valence-electron chi connectivity index (χ2n) is 3.11. The van der Waals surface area contributed by atoms with Gasteiger partial charge in [-0.1, -0.05) is 12.1 Å². The SMILES string of the molecule is COC(=O)CSc1ccc(C(C)O)cc1. The summed E-state index contributed by atoms with van der Waals surface area (Å²) in [6.45, 7) is 1.72. The molecule has 1 N–H and O–H groups in total. The van der Waals surface area contributed by atoms with E-state index in [0.717, 1.165) is 10.5 Å². The number of ether oxygens (including phenoxy) is 1. The van der Waals surface area contributed by atoms with Gasteiger partial charge in [-0.3, -0.25) is 4.79 Å². The van der Waals surface area contributed by atoms with Crippen molar-refractivity contribution in [3.63, 3.8) is 0 Å². The minimum Gasteiger partial charge on any atom is -0.468 e. The Balaban J connectivity index is 2.53. The minimum atomic E-state index is -0.454. The second kappa shape index (κ2) is 5.78. The van der Waals surface area contributed by atoms with E-state index in [4.69, 9.17) is 0 Å². The highest BCUT2D eigenvalue weighted by atomic mass is 32.2. The summed E-state index contributed by atoms with van der Waals surface area (Å²) in [5.74, 6) is 0.0736. The zero-order valence-corrected chi connectivity index (χ0v) is 9.58. The molecule has 0 aliphatic rings. The van der Waals surface area contributed by atoms with E-state index in [-0.39, 0.29) is 5.97 Å². The van der Waals surface area contributed by atoms with E-state index in [1.165, 1.54) is 18.9 Å². The molecular weight excluding hydrogens is 212 g/mol. The molecule has 1 aromatic rings. The molecule has 0 amide bonds. The molecule has 1 aromatic carbocycles. The fraction of sp³-hybridized carbons (Fsp3) is 0.364. The maximum absolute atomic E-state index is 10.9. The molecule has 3 nitrogen and oxygen atoms in total. The van der Waals surface area contributed by atoms with Crippen LogP contribution in [0.15, 0.2) is 29.2 Å². The highest BCUT2D eigenvalue weighted by Crippen LogP contribution is 2.20. The van der Waals surface area contributed by atoms with Crippen LogP contribution >= 0.6 is 11.8 Å². The van der Waals surface area contributed by atoms with Crippen molar-refractivity contribution in [2.24, 2.45) is 0 Å². The first-order valence-corrected chi connectivity index (χ1v) is 5.59. The van der Waals surface area contributed by atoms with Gasteiger partial charge in [0.25, 0.3) is 0 Å². The van der Waals surface area contributed by atoms with E-state index < -0.39 is 6.10 Å². The summed E-state index contributed by atoms with van der Waals surface area (Å²) < 4.78 is 4.53. The summed E-state index contributed by atoms with van der Waals surface area (Å²) in [5, 5.41) is 9.29. The van der Waals surface area contributed by atoms with Gasteiger partial charge in [-0.25, -0.2) is 0 Å². The maximum atomic E-state index is 10.9. The summed E-state index contributed by atoms with van der Waals surface area (Å²) in [6, 6.07) is 7.47. The van der Waals surface area contributed by atoms with Crippen LogP contribution in [0.4, 0.5) is 0 Å². The highest BCUT2D eigenvalue weighted by molar-refractivity contribution is 8.00. The lowest BCUT2D eigenvalue weighted by atomic mass is 10.1. The number of methoxy groups -OCH3 is 1. The van der Waals surface area contributed by atoms with Crippen molar-refractivity contribution in [1.29, 1.82) is 0 Å². The Morgan fingerprint density at radius 3 is 2.53 bits per heavy atom. The Morgan fingerprint density at radius 1 is 1.47 bits per heavy atom. The molecule has 1 rings (SSSR count). The molecule has 0 fully saturated rings. The van der Waals surface area contributed by atoms with Crippen LogP contribution in [-0.2, 0) is 9.53 Å². The number of benzene rings is 1. The van der Waals surface area contributed by atoms with E-state index in [9.17, 15) is 9.90 Å². The highest BCUT2D eigenvalue weighted by Gasteiger charge is 2.03. The fourth-order valence-corrected chi connectivity index (χ4v) is 1.77. The third kappa shape index (κ3) is 3.93. The van der Waals surface area contributed by atoms with Crippen molar-refractivity contribution in [3.05, 3.63) is 29.8 Å². The maximum Gasteiger partial charge on any atom is 0.315 e. The number of hydrogen-bond acceptors (Lipinski definition) is 4. The molecule has 0 saturated carbocycles. The van der Waals surface area contributed by atoms with Gasteiger partial charge in [0.2, 0.25) is 0 Å². The van der Waals surface area contributed by atoms with Gasteiger partial charge in [0, 0.05) is 4.90 Å². The van der Waals surface area contributed by atoms with Crippen LogP contribution in [0.25, 0.3) is 0 Å². The van der Waals surface area contributed by atoms with Crippen LogP contribution in [0.3, 0.4) is 0 Å². The number of thioether (sulfide) groups is 1. The largest absolute Gasteiger partial charge is 0.468 e. The van der Waals surface area contributed by atoms with Gasteiger partial charge in [-0.2, -0.15) is 0 Å². The van der Waals surface area contributed by atoms with Gasteiger partial charge >= 0.3 is 5.97 Å². The Bertz CT molecular complexity index is 319. The van der Waals surface area contributed by atoms with Gasteiger partial charge in [0.15, 0.2) is 0 Å². The molecule has 0 aliphatic carbocycles. The van der Waals surface area contributed by atoms with Crippen molar-refractivity contribution in [2.75, 3.05) is 12.9 Å². The van der Waals surface area contributed by atoms with Gasteiger partial charge in [0.1, 0.15) is 0 Å². The summed E-state index contributed by atoms with van der Waals surface area (Å²) in [7, 11) is 1.37. The topological polar surface area (TPSA) is 46.5 Å². The summed E-state index contributed by atoms with van der Waals surface area (Å²) >= 11 is 1.42. The monoisotopic (exact) mass is 226 g/mol. The predicted octanol–water partition coefficient (Wildman–Crippen LogP) is 2.00. The quantitative estimate of drug-likeness (QED) is 0.630. The molecular formula is C11H14O3S. The van der Waals surface area contributed by atoms with Crippen molar-refractivity contribution < 1.29 is 14.6 Å². The van der Waals surface area contributed by atoms with Crippen LogP contribution in [-0.4, -0.2) is 23.9 Å². The molecule has 1 unspecified atom stereocenters. The second-order valence-corrected chi connectivity index (χ2v) is 4.16. The van der Waals surface area contributed by atoms with E-state index in [2.05, 4.69) is 4.74 Å². The lowest BCUT2D eigenvalue weighted by molar-refractivity contribution is -0.137. The van der Waals surface area contributed by atoms with Gasteiger partial charge in [-0.15, -0.1) is 11.8 Å². The van der Waals surface area contributed by atoms with E-state index in [1.54, 1.807) is 6.92 Å². The number of aliphatic hydroxyl groups is 1. The molecule has 15 heavy (non-hydrogen) atoms. The Kier molecular flexibility index (Phi) is 4.65. The molecule has 4 heteroatoms. The van der Waals surface area contributed by atoms with Gasteiger partial charge in [0.05, 0.1) is 19.0 Å². The van der Waals surface area contributed by atoms with Crippen LogP contribution in [0.2, 0.25) is 0 Å². The molecule has 82 valence electrons. The van der Waals surface area contributed by atoms with E-state index in [0.29, 0.717) is 5.75 Å².